The van der Waals surface area contributed by atoms with E-state index in [1.54, 1.807) is 6.20 Å². The lowest BCUT2D eigenvalue weighted by Gasteiger charge is -2.08. The van der Waals surface area contributed by atoms with Gasteiger partial charge in [0.1, 0.15) is 0 Å². The third kappa shape index (κ3) is 5.04. The number of anilines is 1. The minimum Gasteiger partial charge on any atom is -0.314 e. The molecule has 2 aromatic rings. The Morgan fingerprint density at radius 2 is 1.68 bits per heavy atom. The average molecular weight is 359 g/mol. The van der Waals surface area contributed by atoms with E-state index in [1.165, 1.54) is 5.56 Å². The van der Waals surface area contributed by atoms with Crippen molar-refractivity contribution in [2.24, 2.45) is 0 Å². The first-order valence-electron chi connectivity index (χ1n) is 7.14. The SMILES string of the molecule is CC(C)c1ccc(NC(=O)N/C=C/c2ccc(Br)cc2)cc1. The van der Waals surface area contributed by atoms with E-state index in [0.29, 0.717) is 5.92 Å². The van der Waals surface area contributed by atoms with E-state index >= 15 is 0 Å². The Hall–Kier alpha value is -2.07. The van der Waals surface area contributed by atoms with Gasteiger partial charge in [0, 0.05) is 16.4 Å². The van der Waals surface area contributed by atoms with Gasteiger partial charge in [-0.3, -0.25) is 0 Å². The second-order valence-electron chi connectivity index (χ2n) is 5.26. The molecule has 2 rings (SSSR count). The Kier molecular flexibility index (Phi) is 5.78. The summed E-state index contributed by atoms with van der Waals surface area (Å²) >= 11 is 3.38. The molecule has 0 bridgehead atoms. The van der Waals surface area contributed by atoms with Crippen molar-refractivity contribution in [1.29, 1.82) is 0 Å². The molecule has 0 saturated carbocycles. The minimum atomic E-state index is -0.259. The van der Waals surface area contributed by atoms with Gasteiger partial charge in [0.05, 0.1) is 0 Å². The van der Waals surface area contributed by atoms with Crippen molar-refractivity contribution in [3.05, 3.63) is 70.3 Å². The molecule has 2 aromatic carbocycles. The molecule has 0 aliphatic carbocycles. The van der Waals surface area contributed by atoms with Crippen LogP contribution in [0.15, 0.2) is 59.2 Å². The molecule has 0 heterocycles. The molecule has 114 valence electrons. The predicted octanol–water partition coefficient (Wildman–Crippen LogP) is 5.36. The molecule has 0 aliphatic heterocycles. The maximum Gasteiger partial charge on any atom is 0.323 e. The molecule has 3 nitrogen and oxygen atoms in total. The molecular weight excluding hydrogens is 340 g/mol. The van der Waals surface area contributed by atoms with Crippen molar-refractivity contribution >= 4 is 33.7 Å². The summed E-state index contributed by atoms with van der Waals surface area (Å²) in [6.07, 6.45) is 3.47. The molecule has 0 spiro atoms. The molecule has 0 radical (unpaired) electrons. The summed E-state index contributed by atoms with van der Waals surface area (Å²) in [6, 6.07) is 15.4. The van der Waals surface area contributed by atoms with Crippen LogP contribution in [0.2, 0.25) is 0 Å². The van der Waals surface area contributed by atoms with Gasteiger partial charge in [-0.1, -0.05) is 54.0 Å². The molecule has 0 unspecified atom stereocenters. The number of amides is 2. The van der Waals surface area contributed by atoms with E-state index in [-0.39, 0.29) is 6.03 Å². The third-order valence-corrected chi connectivity index (χ3v) is 3.72. The first kappa shape index (κ1) is 16.3. The number of rotatable bonds is 4. The highest BCUT2D eigenvalue weighted by Crippen LogP contribution is 2.17. The van der Waals surface area contributed by atoms with Crippen LogP contribution in [0.3, 0.4) is 0 Å². The quantitative estimate of drug-likeness (QED) is 0.758. The molecular formula is C18H19BrN2O. The molecule has 0 saturated heterocycles. The topological polar surface area (TPSA) is 41.1 Å². The summed E-state index contributed by atoms with van der Waals surface area (Å²) in [4.78, 5) is 11.8. The smallest absolute Gasteiger partial charge is 0.314 e. The largest absolute Gasteiger partial charge is 0.323 e. The van der Waals surface area contributed by atoms with Crippen LogP contribution in [0, 0.1) is 0 Å². The van der Waals surface area contributed by atoms with E-state index in [4.69, 9.17) is 0 Å². The minimum absolute atomic E-state index is 0.259. The van der Waals surface area contributed by atoms with Crippen LogP contribution < -0.4 is 10.6 Å². The molecule has 0 atom stereocenters. The molecule has 4 heteroatoms. The van der Waals surface area contributed by atoms with Crippen molar-refractivity contribution in [2.45, 2.75) is 19.8 Å². The fourth-order valence-corrected chi connectivity index (χ4v) is 2.17. The van der Waals surface area contributed by atoms with E-state index in [9.17, 15) is 4.79 Å². The van der Waals surface area contributed by atoms with Crippen LogP contribution in [-0.4, -0.2) is 6.03 Å². The lowest BCUT2D eigenvalue weighted by molar-refractivity contribution is 0.255. The van der Waals surface area contributed by atoms with Crippen LogP contribution in [0.25, 0.3) is 6.08 Å². The second kappa shape index (κ2) is 7.80. The van der Waals surface area contributed by atoms with Crippen molar-refractivity contribution in [3.8, 4) is 0 Å². The highest BCUT2D eigenvalue weighted by Gasteiger charge is 2.01. The van der Waals surface area contributed by atoms with Crippen LogP contribution >= 0.6 is 15.9 Å². The Labute approximate surface area is 139 Å². The Morgan fingerprint density at radius 3 is 2.27 bits per heavy atom. The normalized spacial score (nSPS) is 10.9. The Balaban J connectivity index is 1.86. The second-order valence-corrected chi connectivity index (χ2v) is 6.18. The van der Waals surface area contributed by atoms with E-state index in [0.717, 1.165) is 15.7 Å². The zero-order valence-corrected chi connectivity index (χ0v) is 14.2. The summed E-state index contributed by atoms with van der Waals surface area (Å²) in [5.74, 6) is 0.483. The van der Waals surface area contributed by atoms with Gasteiger partial charge in [-0.2, -0.15) is 0 Å². The lowest BCUT2D eigenvalue weighted by atomic mass is 10.0. The zero-order chi connectivity index (χ0) is 15.9. The molecule has 2 N–H and O–H groups in total. The highest BCUT2D eigenvalue weighted by molar-refractivity contribution is 9.10. The number of carbonyl (C=O) groups excluding carboxylic acids is 1. The van der Waals surface area contributed by atoms with Crippen molar-refractivity contribution < 1.29 is 4.79 Å². The number of urea groups is 1. The van der Waals surface area contributed by atoms with E-state index < -0.39 is 0 Å². The Morgan fingerprint density at radius 1 is 1.05 bits per heavy atom. The first-order chi connectivity index (χ1) is 10.5. The van der Waals surface area contributed by atoms with E-state index in [2.05, 4.69) is 40.4 Å². The van der Waals surface area contributed by atoms with Crippen LogP contribution in [-0.2, 0) is 0 Å². The first-order valence-corrected chi connectivity index (χ1v) is 7.93. The summed E-state index contributed by atoms with van der Waals surface area (Å²) < 4.78 is 1.03. The van der Waals surface area contributed by atoms with Crippen molar-refractivity contribution in [1.82, 2.24) is 5.32 Å². The number of benzene rings is 2. The molecule has 22 heavy (non-hydrogen) atoms. The van der Waals surface area contributed by atoms with Gasteiger partial charge in [-0.25, -0.2) is 4.79 Å². The molecule has 0 aromatic heterocycles. The number of halogens is 1. The number of hydrogen-bond donors (Lipinski definition) is 2. The van der Waals surface area contributed by atoms with Crippen LogP contribution in [0.1, 0.15) is 30.9 Å². The van der Waals surface area contributed by atoms with Gasteiger partial charge >= 0.3 is 6.03 Å². The summed E-state index contributed by atoms with van der Waals surface area (Å²) in [6.45, 7) is 4.28. The van der Waals surface area contributed by atoms with Gasteiger partial charge < -0.3 is 10.6 Å². The summed E-state index contributed by atoms with van der Waals surface area (Å²) in [5.41, 5.74) is 3.05. The monoisotopic (exact) mass is 358 g/mol. The maximum atomic E-state index is 11.8. The standard InChI is InChI=1S/C18H19BrN2O/c1-13(2)15-5-9-17(10-6-15)21-18(22)20-12-11-14-3-7-16(19)8-4-14/h3-13H,1-2H3,(H2,20,21,22)/b12-11+. The maximum absolute atomic E-state index is 11.8. The van der Waals surface area contributed by atoms with Gasteiger partial charge in [-0.15, -0.1) is 0 Å². The number of nitrogens with one attached hydrogen (secondary N) is 2. The van der Waals surface area contributed by atoms with Gasteiger partial charge in [-0.05, 0) is 47.4 Å². The van der Waals surface area contributed by atoms with Gasteiger partial charge in [0.2, 0.25) is 0 Å². The number of carbonyl (C=O) groups is 1. The summed E-state index contributed by atoms with van der Waals surface area (Å²) in [5, 5.41) is 5.48. The van der Waals surface area contributed by atoms with Crippen molar-refractivity contribution in [3.63, 3.8) is 0 Å². The molecule has 0 fully saturated rings. The zero-order valence-electron chi connectivity index (χ0n) is 12.6. The Bertz CT molecular complexity index is 646. The van der Waals surface area contributed by atoms with Crippen molar-refractivity contribution in [2.75, 3.05) is 5.32 Å². The van der Waals surface area contributed by atoms with Crippen LogP contribution in [0.5, 0.6) is 0 Å². The highest BCUT2D eigenvalue weighted by atomic mass is 79.9. The van der Waals surface area contributed by atoms with E-state index in [1.807, 2.05) is 54.6 Å². The average Bonchev–Trinajstić information content (AvgIpc) is 2.50. The fourth-order valence-electron chi connectivity index (χ4n) is 1.91. The molecule has 0 aliphatic rings. The molecule has 2 amide bonds. The lowest BCUT2D eigenvalue weighted by Crippen LogP contribution is -2.23. The van der Waals surface area contributed by atoms with Gasteiger partial charge in [0.15, 0.2) is 0 Å². The van der Waals surface area contributed by atoms with Gasteiger partial charge in [0.25, 0.3) is 0 Å². The fraction of sp³-hybridized carbons (Fsp3) is 0.167. The van der Waals surface area contributed by atoms with Crippen LogP contribution in [0.4, 0.5) is 10.5 Å². The predicted molar refractivity (Wildman–Crippen MR) is 95.9 cm³/mol. The summed E-state index contributed by atoms with van der Waals surface area (Å²) in [7, 11) is 0. The third-order valence-electron chi connectivity index (χ3n) is 3.20. The number of hydrogen-bond acceptors (Lipinski definition) is 1.